The third kappa shape index (κ3) is 1.62. The van der Waals surface area contributed by atoms with E-state index in [1.54, 1.807) is 4.90 Å². The molecule has 2 aliphatic heterocycles. The first-order valence-electron chi connectivity index (χ1n) is 5.46. The van der Waals surface area contributed by atoms with Crippen LogP contribution in [0, 0.1) is 0 Å². The first-order chi connectivity index (χ1) is 7.07. The molecule has 2 bridgehead atoms. The fraction of sp³-hybridized carbons (Fsp3) is 0.818. The topological polar surface area (TPSA) is 46.6 Å². The molecule has 1 amide bonds. The largest absolute Gasteiger partial charge is 0.453 e. The van der Waals surface area contributed by atoms with Crippen LogP contribution in [0.5, 0.6) is 0 Å². The molecule has 0 N–H and O–H groups in total. The average molecular weight is 211 g/mol. The Labute approximate surface area is 89.6 Å². The number of hydrogen-bond acceptors (Lipinski definition) is 3. The Morgan fingerprint density at radius 3 is 2.93 bits per heavy atom. The molecule has 0 aromatic carbocycles. The highest BCUT2D eigenvalue weighted by molar-refractivity contribution is 5.84. The number of fused-ring (bicyclic) bond motifs is 2. The number of carbonyl (C=O) groups excluding carboxylic acids is 2. The predicted octanol–water partition coefficient (Wildman–Crippen LogP) is 1.73. The van der Waals surface area contributed by atoms with Gasteiger partial charge in [-0.3, -0.25) is 9.69 Å². The molecular formula is C11H17NO3. The second-order valence-electron chi connectivity index (χ2n) is 4.80. The molecular weight excluding hydrogens is 194 g/mol. The minimum Gasteiger partial charge on any atom is -0.453 e. The van der Waals surface area contributed by atoms with E-state index in [1.807, 2.05) is 6.92 Å². The summed E-state index contributed by atoms with van der Waals surface area (Å²) in [5.74, 6) is 0.280. The molecule has 0 saturated carbocycles. The van der Waals surface area contributed by atoms with Crippen LogP contribution in [0.15, 0.2) is 0 Å². The van der Waals surface area contributed by atoms with Gasteiger partial charge in [0, 0.05) is 18.9 Å². The SMILES string of the molecule is COC(=O)N1C2CCC[C@@]1(C)CC(=O)C2. The summed E-state index contributed by atoms with van der Waals surface area (Å²) >= 11 is 0. The Balaban J connectivity index is 2.28. The summed E-state index contributed by atoms with van der Waals surface area (Å²) in [6, 6.07) is 0.0671. The highest BCUT2D eigenvalue weighted by Crippen LogP contribution is 2.40. The Bertz CT molecular complexity index is 302. The maximum atomic E-state index is 11.7. The maximum Gasteiger partial charge on any atom is 0.410 e. The average Bonchev–Trinajstić information content (AvgIpc) is 2.14. The minimum atomic E-state index is -0.300. The monoisotopic (exact) mass is 211 g/mol. The number of piperidine rings is 2. The van der Waals surface area contributed by atoms with Crippen LogP contribution in [-0.2, 0) is 9.53 Å². The molecule has 2 fully saturated rings. The van der Waals surface area contributed by atoms with Gasteiger partial charge in [-0.1, -0.05) is 0 Å². The van der Waals surface area contributed by atoms with Crippen molar-refractivity contribution in [1.82, 2.24) is 4.90 Å². The molecule has 1 unspecified atom stereocenters. The number of amides is 1. The number of Topliss-reactive ketones (excluding diaryl/α,β-unsaturated/α-hetero) is 1. The van der Waals surface area contributed by atoms with E-state index >= 15 is 0 Å². The van der Waals surface area contributed by atoms with Crippen LogP contribution >= 0.6 is 0 Å². The molecule has 2 atom stereocenters. The number of nitrogens with zero attached hydrogens (tertiary/aromatic N) is 1. The van der Waals surface area contributed by atoms with Crippen LogP contribution in [0.3, 0.4) is 0 Å². The lowest BCUT2D eigenvalue weighted by atomic mass is 9.75. The Hall–Kier alpha value is -1.06. The first kappa shape index (κ1) is 10.5. The Morgan fingerprint density at radius 2 is 2.33 bits per heavy atom. The zero-order valence-electron chi connectivity index (χ0n) is 9.28. The van der Waals surface area contributed by atoms with Gasteiger partial charge < -0.3 is 4.74 Å². The minimum absolute atomic E-state index is 0.0671. The number of ketones is 1. The second kappa shape index (κ2) is 3.51. The van der Waals surface area contributed by atoms with Gasteiger partial charge in [-0.05, 0) is 26.2 Å². The molecule has 0 spiro atoms. The molecule has 15 heavy (non-hydrogen) atoms. The summed E-state index contributed by atoms with van der Waals surface area (Å²) < 4.78 is 4.80. The molecule has 0 aliphatic carbocycles. The molecule has 0 aromatic heterocycles. The van der Waals surface area contributed by atoms with E-state index in [0.717, 1.165) is 19.3 Å². The van der Waals surface area contributed by atoms with Gasteiger partial charge in [0.25, 0.3) is 0 Å². The summed E-state index contributed by atoms with van der Waals surface area (Å²) in [4.78, 5) is 25.0. The van der Waals surface area contributed by atoms with Gasteiger partial charge in [0.05, 0.1) is 12.6 Å². The summed E-state index contributed by atoms with van der Waals surface area (Å²) in [6.45, 7) is 1.99. The van der Waals surface area contributed by atoms with Gasteiger partial charge in [0.1, 0.15) is 5.78 Å². The van der Waals surface area contributed by atoms with Crippen molar-refractivity contribution in [3.63, 3.8) is 0 Å². The zero-order chi connectivity index (χ0) is 11.1. The fourth-order valence-electron chi connectivity index (χ4n) is 3.00. The molecule has 2 aliphatic rings. The van der Waals surface area contributed by atoms with Crippen LogP contribution in [0.1, 0.15) is 39.0 Å². The van der Waals surface area contributed by atoms with Gasteiger partial charge in [-0.25, -0.2) is 4.79 Å². The number of methoxy groups -OCH3 is 1. The molecule has 2 saturated heterocycles. The predicted molar refractivity (Wildman–Crippen MR) is 54.5 cm³/mol. The Morgan fingerprint density at radius 1 is 1.60 bits per heavy atom. The summed E-state index contributed by atoms with van der Waals surface area (Å²) in [5.41, 5.74) is -0.300. The van der Waals surface area contributed by atoms with Crippen molar-refractivity contribution in [3.8, 4) is 0 Å². The van der Waals surface area contributed by atoms with E-state index in [2.05, 4.69) is 0 Å². The smallest absolute Gasteiger partial charge is 0.410 e. The van der Waals surface area contributed by atoms with Crippen molar-refractivity contribution >= 4 is 11.9 Å². The van der Waals surface area contributed by atoms with Crippen LogP contribution in [0.2, 0.25) is 0 Å². The van der Waals surface area contributed by atoms with Crippen LogP contribution in [0.4, 0.5) is 4.79 Å². The van der Waals surface area contributed by atoms with E-state index < -0.39 is 0 Å². The molecule has 4 heteroatoms. The normalized spacial score (nSPS) is 35.2. The molecule has 84 valence electrons. The van der Waals surface area contributed by atoms with Crippen molar-refractivity contribution in [2.75, 3.05) is 7.11 Å². The standard InChI is InChI=1S/C11H17NO3/c1-11-5-3-4-8(6-9(13)7-11)12(11)10(14)15-2/h8H,3-7H2,1-2H3/t8?,11-/m0/s1. The Kier molecular flexibility index (Phi) is 2.44. The third-order valence-electron chi connectivity index (χ3n) is 3.61. The van der Waals surface area contributed by atoms with Gasteiger partial charge in [0.2, 0.25) is 0 Å². The van der Waals surface area contributed by atoms with E-state index in [9.17, 15) is 9.59 Å². The summed E-state index contributed by atoms with van der Waals surface area (Å²) in [6.07, 6.45) is 3.64. The lowest BCUT2D eigenvalue weighted by Crippen LogP contribution is -2.61. The molecule has 2 rings (SSSR count). The maximum absolute atomic E-state index is 11.7. The lowest BCUT2D eigenvalue weighted by Gasteiger charge is -2.51. The summed E-state index contributed by atoms with van der Waals surface area (Å²) in [5, 5.41) is 0. The molecule has 4 nitrogen and oxygen atoms in total. The van der Waals surface area contributed by atoms with Gasteiger partial charge in [0.15, 0.2) is 0 Å². The second-order valence-corrected chi connectivity index (χ2v) is 4.80. The van der Waals surface area contributed by atoms with Crippen molar-refractivity contribution in [1.29, 1.82) is 0 Å². The number of ether oxygens (including phenoxy) is 1. The van der Waals surface area contributed by atoms with Gasteiger partial charge in [-0.2, -0.15) is 0 Å². The zero-order valence-corrected chi connectivity index (χ0v) is 9.28. The number of carbonyl (C=O) groups is 2. The van der Waals surface area contributed by atoms with E-state index in [1.165, 1.54) is 7.11 Å². The van der Waals surface area contributed by atoms with Crippen molar-refractivity contribution < 1.29 is 14.3 Å². The number of rotatable bonds is 0. The quantitative estimate of drug-likeness (QED) is 0.613. The lowest BCUT2D eigenvalue weighted by molar-refractivity contribution is -0.130. The van der Waals surface area contributed by atoms with Crippen molar-refractivity contribution in [2.24, 2.45) is 0 Å². The summed E-state index contributed by atoms with van der Waals surface area (Å²) in [7, 11) is 1.40. The fourth-order valence-corrected chi connectivity index (χ4v) is 3.00. The van der Waals surface area contributed by atoms with E-state index in [-0.39, 0.29) is 23.5 Å². The van der Waals surface area contributed by atoms with Gasteiger partial charge in [-0.15, -0.1) is 0 Å². The van der Waals surface area contributed by atoms with Crippen molar-refractivity contribution in [2.45, 2.75) is 50.6 Å². The highest BCUT2D eigenvalue weighted by atomic mass is 16.5. The van der Waals surface area contributed by atoms with Crippen LogP contribution in [-0.4, -0.2) is 35.5 Å². The van der Waals surface area contributed by atoms with Crippen LogP contribution < -0.4 is 0 Å². The van der Waals surface area contributed by atoms with Crippen molar-refractivity contribution in [3.05, 3.63) is 0 Å². The number of hydrogen-bond donors (Lipinski definition) is 0. The first-order valence-corrected chi connectivity index (χ1v) is 5.46. The van der Waals surface area contributed by atoms with E-state index in [4.69, 9.17) is 4.74 Å². The molecule has 2 heterocycles. The van der Waals surface area contributed by atoms with Crippen LogP contribution in [0.25, 0.3) is 0 Å². The van der Waals surface area contributed by atoms with E-state index in [0.29, 0.717) is 12.8 Å². The molecule has 0 radical (unpaired) electrons. The third-order valence-corrected chi connectivity index (χ3v) is 3.61. The molecule has 0 aromatic rings. The highest BCUT2D eigenvalue weighted by Gasteiger charge is 2.48. The van der Waals surface area contributed by atoms with Gasteiger partial charge >= 0.3 is 6.09 Å².